The fourth-order valence-electron chi connectivity index (χ4n) is 3.47. The highest BCUT2D eigenvalue weighted by Crippen LogP contribution is 2.32. The molecule has 0 saturated heterocycles. The van der Waals surface area contributed by atoms with Crippen LogP contribution < -0.4 is 4.80 Å². The van der Waals surface area contributed by atoms with E-state index in [0.29, 0.717) is 40.1 Å². The van der Waals surface area contributed by atoms with Gasteiger partial charge in [-0.25, -0.2) is 8.42 Å². The van der Waals surface area contributed by atoms with Crippen molar-refractivity contribution in [2.45, 2.75) is 31.2 Å². The second-order valence-electron chi connectivity index (χ2n) is 7.60. The molecule has 0 bridgehead atoms. The van der Waals surface area contributed by atoms with Crippen LogP contribution in [0.15, 0.2) is 46.3 Å². The zero-order valence-corrected chi connectivity index (χ0v) is 23.0. The van der Waals surface area contributed by atoms with E-state index >= 15 is 0 Å². The number of nitrogens with zero attached hydrogens (tertiary/aromatic N) is 5. The molecular weight excluding hydrogens is 557 g/mol. The number of hydrogen-bond acceptors (Lipinski definition) is 7. The molecule has 0 saturated carbocycles. The van der Waals surface area contributed by atoms with E-state index < -0.39 is 15.9 Å². The Morgan fingerprint density at radius 2 is 1.76 bits per heavy atom. The van der Waals surface area contributed by atoms with Gasteiger partial charge in [0.2, 0.25) is 10.0 Å². The Hall–Kier alpha value is -2.77. The molecule has 1 heterocycles. The van der Waals surface area contributed by atoms with Crippen molar-refractivity contribution in [3.05, 3.63) is 56.8 Å². The number of carbonyl (C=O) groups is 1. The molecule has 0 aliphatic carbocycles. The van der Waals surface area contributed by atoms with E-state index in [4.69, 9.17) is 38.5 Å². The van der Waals surface area contributed by atoms with Gasteiger partial charge in [0.25, 0.3) is 5.91 Å². The maximum Gasteiger partial charge on any atom is 0.279 e. The molecule has 0 atom stereocenters. The van der Waals surface area contributed by atoms with Gasteiger partial charge >= 0.3 is 0 Å². The average Bonchev–Trinajstić information content (AvgIpc) is 3.23. The molecule has 9 nitrogen and oxygen atoms in total. The lowest BCUT2D eigenvalue weighted by atomic mass is 10.2. The Morgan fingerprint density at radius 1 is 1.11 bits per heavy atom. The summed E-state index contributed by atoms with van der Waals surface area (Å²) < 4.78 is 35.2. The van der Waals surface area contributed by atoms with Gasteiger partial charge in [-0.3, -0.25) is 4.79 Å². The Balaban J connectivity index is 1.95. The van der Waals surface area contributed by atoms with Crippen molar-refractivity contribution in [3.8, 4) is 12.1 Å². The topological polar surface area (TPSA) is 129 Å². The van der Waals surface area contributed by atoms with E-state index in [-0.39, 0.29) is 36.4 Å². The molecule has 1 amide bonds. The number of fused-ring (bicyclic) bond motifs is 1. The highest BCUT2D eigenvalue weighted by molar-refractivity contribution is 7.89. The number of halogens is 2. The molecule has 0 aliphatic heterocycles. The Bertz CT molecular complexity index is 1520. The third-order valence-electron chi connectivity index (χ3n) is 5.28. The number of benzene rings is 2. The molecule has 3 rings (SSSR count). The van der Waals surface area contributed by atoms with E-state index in [1.54, 1.807) is 16.7 Å². The quantitative estimate of drug-likeness (QED) is 0.305. The van der Waals surface area contributed by atoms with Gasteiger partial charge in [-0.2, -0.15) is 19.8 Å². The molecule has 0 aliphatic rings. The largest absolute Gasteiger partial charge is 0.380 e. The number of sulfonamides is 1. The second-order valence-corrected chi connectivity index (χ2v) is 11.3. The summed E-state index contributed by atoms with van der Waals surface area (Å²) in [6.45, 7) is 3.13. The number of nitriles is 2. The summed E-state index contributed by atoms with van der Waals surface area (Å²) in [6, 6.07) is 12.7. The van der Waals surface area contributed by atoms with Gasteiger partial charge in [0.1, 0.15) is 0 Å². The van der Waals surface area contributed by atoms with Crippen LogP contribution in [-0.4, -0.2) is 49.5 Å². The summed E-state index contributed by atoms with van der Waals surface area (Å²) in [5, 5.41) is 18.4. The third-order valence-corrected chi connectivity index (χ3v) is 9.03. The van der Waals surface area contributed by atoms with Crippen molar-refractivity contribution in [1.29, 1.82) is 10.5 Å². The van der Waals surface area contributed by atoms with Crippen LogP contribution in [0.5, 0.6) is 0 Å². The standard InChI is InChI=1S/C24H23Cl2N5O4S2/c1-2-35-16-15-31-22-20(10-9-19(25)21(22)26)36-24(31)29-23(32)17-5-7-18(8-6-17)37(33,34)30(13-3-11-27)14-4-12-28/h5-10H,2-4,13-16H2,1H3. The average molecular weight is 581 g/mol. The lowest BCUT2D eigenvalue weighted by Crippen LogP contribution is -2.32. The number of carbonyl (C=O) groups excluding carboxylic acids is 1. The Kier molecular flexibility index (Phi) is 10.2. The minimum atomic E-state index is -3.95. The fraction of sp³-hybridized carbons (Fsp3) is 0.333. The van der Waals surface area contributed by atoms with E-state index in [1.807, 2.05) is 19.1 Å². The number of rotatable bonds is 11. The van der Waals surface area contributed by atoms with Crippen molar-refractivity contribution in [2.75, 3.05) is 26.3 Å². The van der Waals surface area contributed by atoms with Gasteiger partial charge in [0.15, 0.2) is 4.80 Å². The third kappa shape index (κ3) is 6.76. The molecule has 194 valence electrons. The van der Waals surface area contributed by atoms with Crippen molar-refractivity contribution in [1.82, 2.24) is 8.87 Å². The number of amides is 1. The van der Waals surface area contributed by atoms with Gasteiger partial charge in [-0.15, -0.1) is 0 Å². The van der Waals surface area contributed by atoms with Crippen LogP contribution in [-0.2, 0) is 21.3 Å². The molecule has 13 heteroatoms. The second kappa shape index (κ2) is 13.2. The fourth-order valence-corrected chi connectivity index (χ4v) is 6.45. The smallest absolute Gasteiger partial charge is 0.279 e. The van der Waals surface area contributed by atoms with E-state index in [2.05, 4.69) is 4.99 Å². The maximum atomic E-state index is 13.0. The number of hydrogen-bond donors (Lipinski definition) is 0. The summed E-state index contributed by atoms with van der Waals surface area (Å²) in [4.78, 5) is 17.6. The molecule has 0 spiro atoms. The molecule has 0 fully saturated rings. The Morgan fingerprint density at radius 3 is 2.35 bits per heavy atom. The van der Waals surface area contributed by atoms with Crippen molar-refractivity contribution in [3.63, 3.8) is 0 Å². The van der Waals surface area contributed by atoms with E-state index in [9.17, 15) is 13.2 Å². The van der Waals surface area contributed by atoms with Crippen molar-refractivity contribution >= 4 is 60.7 Å². The van der Waals surface area contributed by atoms with Gasteiger partial charge in [-0.05, 0) is 43.3 Å². The minimum Gasteiger partial charge on any atom is -0.380 e. The highest BCUT2D eigenvalue weighted by Gasteiger charge is 2.24. The molecule has 0 unspecified atom stereocenters. The molecule has 1 aromatic heterocycles. The number of ether oxygens (including phenoxy) is 1. The van der Waals surface area contributed by atoms with Crippen LogP contribution >= 0.6 is 34.5 Å². The maximum absolute atomic E-state index is 13.0. The number of aromatic nitrogens is 1. The summed E-state index contributed by atoms with van der Waals surface area (Å²) in [6.07, 6.45) is -0.0123. The summed E-state index contributed by atoms with van der Waals surface area (Å²) in [7, 11) is -3.95. The van der Waals surface area contributed by atoms with Gasteiger partial charge in [0.05, 0.1) is 43.9 Å². The number of thiazole rings is 1. The van der Waals surface area contributed by atoms with E-state index in [1.165, 1.54) is 35.6 Å². The van der Waals surface area contributed by atoms with Crippen molar-refractivity contribution < 1.29 is 17.9 Å². The summed E-state index contributed by atoms with van der Waals surface area (Å²) in [5.41, 5.74) is 0.846. The van der Waals surface area contributed by atoms with Crippen LogP contribution in [0.1, 0.15) is 30.1 Å². The SMILES string of the molecule is CCOCCn1c(=NC(=O)c2ccc(S(=O)(=O)N(CCC#N)CCC#N)cc2)sc2ccc(Cl)c(Cl)c21. The monoisotopic (exact) mass is 579 g/mol. The predicted octanol–water partition coefficient (Wildman–Crippen LogP) is 4.61. The summed E-state index contributed by atoms with van der Waals surface area (Å²) in [5.74, 6) is -0.561. The lowest BCUT2D eigenvalue weighted by Gasteiger charge is -2.20. The lowest BCUT2D eigenvalue weighted by molar-refractivity contribution is 0.0996. The molecule has 0 radical (unpaired) electrons. The first kappa shape index (κ1) is 28.8. The predicted molar refractivity (Wildman–Crippen MR) is 142 cm³/mol. The molecule has 3 aromatic rings. The zero-order chi connectivity index (χ0) is 27.0. The minimum absolute atomic E-state index is 0.00615. The van der Waals surface area contributed by atoms with Crippen LogP contribution in [0, 0.1) is 22.7 Å². The van der Waals surface area contributed by atoms with Crippen LogP contribution in [0.25, 0.3) is 10.2 Å². The first-order valence-electron chi connectivity index (χ1n) is 11.2. The summed E-state index contributed by atoms with van der Waals surface area (Å²) >= 11 is 13.9. The normalized spacial score (nSPS) is 12.1. The van der Waals surface area contributed by atoms with Gasteiger partial charge in [0, 0.05) is 44.6 Å². The van der Waals surface area contributed by atoms with E-state index in [0.717, 1.165) is 9.01 Å². The van der Waals surface area contributed by atoms with Crippen LogP contribution in [0.2, 0.25) is 10.0 Å². The van der Waals surface area contributed by atoms with Crippen LogP contribution in [0.4, 0.5) is 0 Å². The molecular formula is C24H23Cl2N5O4S2. The first-order valence-corrected chi connectivity index (χ1v) is 14.2. The van der Waals surface area contributed by atoms with Gasteiger partial charge in [-0.1, -0.05) is 34.5 Å². The molecule has 37 heavy (non-hydrogen) atoms. The van der Waals surface area contributed by atoms with Crippen LogP contribution in [0.3, 0.4) is 0 Å². The molecule has 2 aromatic carbocycles. The van der Waals surface area contributed by atoms with Gasteiger partial charge < -0.3 is 9.30 Å². The van der Waals surface area contributed by atoms with Crippen molar-refractivity contribution in [2.24, 2.45) is 4.99 Å². The first-order chi connectivity index (χ1) is 17.7. The highest BCUT2D eigenvalue weighted by atomic mass is 35.5. The molecule has 0 N–H and O–H groups in total. The Labute approximate surface area is 228 Å². The zero-order valence-electron chi connectivity index (χ0n) is 19.9.